The summed E-state index contributed by atoms with van der Waals surface area (Å²) in [7, 11) is -3.69. The number of benzene rings is 2. The minimum absolute atomic E-state index is 0.156. The third-order valence-electron chi connectivity index (χ3n) is 5.82. The summed E-state index contributed by atoms with van der Waals surface area (Å²) in [6.07, 6.45) is 1.58. The predicted octanol–water partition coefficient (Wildman–Crippen LogP) is 3.18. The molecule has 178 valence electrons. The Morgan fingerprint density at radius 1 is 1.03 bits per heavy atom. The summed E-state index contributed by atoms with van der Waals surface area (Å²) >= 11 is 0. The van der Waals surface area contributed by atoms with Crippen LogP contribution < -0.4 is 14.2 Å². The van der Waals surface area contributed by atoms with Crippen molar-refractivity contribution in [2.45, 2.75) is 31.1 Å². The molecule has 0 spiro atoms. The highest BCUT2D eigenvalue weighted by atomic mass is 32.2. The Balaban J connectivity index is 1.27. The predicted molar refractivity (Wildman–Crippen MR) is 121 cm³/mol. The summed E-state index contributed by atoms with van der Waals surface area (Å²) in [4.78, 5) is 12.6. The van der Waals surface area contributed by atoms with Gasteiger partial charge in [0.1, 0.15) is 19.0 Å². The number of hydrogen-bond acceptors (Lipinski definition) is 7. The van der Waals surface area contributed by atoms with E-state index >= 15 is 0 Å². The van der Waals surface area contributed by atoms with E-state index in [2.05, 4.69) is 0 Å². The number of esters is 1. The Morgan fingerprint density at radius 2 is 1.76 bits per heavy atom. The molecule has 2 heterocycles. The van der Waals surface area contributed by atoms with Gasteiger partial charge in [0.2, 0.25) is 10.0 Å². The fourth-order valence-corrected chi connectivity index (χ4v) is 5.40. The average Bonchev–Trinajstić information content (AvgIpc) is 3.08. The molecule has 9 heteroatoms. The highest BCUT2D eigenvalue weighted by Crippen LogP contribution is 2.34. The van der Waals surface area contributed by atoms with Crippen LogP contribution in [-0.4, -0.2) is 58.2 Å². The molecule has 2 aromatic rings. The van der Waals surface area contributed by atoms with E-state index in [0.29, 0.717) is 37.6 Å². The summed E-state index contributed by atoms with van der Waals surface area (Å²) in [6, 6.07) is 12.3. The van der Waals surface area contributed by atoms with Crippen molar-refractivity contribution in [3.63, 3.8) is 0 Å². The maximum Gasteiger partial charge on any atom is 0.309 e. The van der Waals surface area contributed by atoms with E-state index in [4.69, 9.17) is 18.9 Å². The minimum Gasteiger partial charge on any atom is -0.490 e. The number of ether oxygens (including phenoxy) is 4. The zero-order valence-corrected chi connectivity index (χ0v) is 19.5. The molecule has 0 bridgehead atoms. The van der Waals surface area contributed by atoms with Gasteiger partial charge in [-0.3, -0.25) is 4.79 Å². The Labute approximate surface area is 194 Å². The van der Waals surface area contributed by atoms with Gasteiger partial charge in [-0.05, 0) is 43.5 Å². The molecule has 0 radical (unpaired) electrons. The third-order valence-corrected chi connectivity index (χ3v) is 7.72. The maximum absolute atomic E-state index is 13.1. The molecule has 0 unspecified atom stereocenters. The van der Waals surface area contributed by atoms with Gasteiger partial charge in [-0.15, -0.1) is 0 Å². The lowest BCUT2D eigenvalue weighted by molar-refractivity contribution is -0.150. The van der Waals surface area contributed by atoms with Gasteiger partial charge in [0.25, 0.3) is 0 Å². The largest absolute Gasteiger partial charge is 0.490 e. The summed E-state index contributed by atoms with van der Waals surface area (Å²) in [5, 5.41) is 0. The molecule has 4 rings (SSSR count). The Morgan fingerprint density at radius 3 is 2.52 bits per heavy atom. The monoisotopic (exact) mass is 475 g/mol. The van der Waals surface area contributed by atoms with E-state index < -0.39 is 10.0 Å². The summed E-state index contributed by atoms with van der Waals surface area (Å²) in [5.41, 5.74) is 1.02. The molecule has 0 atom stereocenters. The van der Waals surface area contributed by atoms with Crippen LogP contribution in [0.3, 0.4) is 0 Å². The zero-order chi connectivity index (χ0) is 23.3. The fraction of sp³-hybridized carbons (Fsp3) is 0.458. The number of carbonyl (C=O) groups excluding carboxylic acids is 1. The molecule has 0 aromatic heterocycles. The molecule has 1 fully saturated rings. The van der Waals surface area contributed by atoms with Crippen molar-refractivity contribution in [1.29, 1.82) is 0 Å². The SMILES string of the molecule is Cc1ccccc1OCCOC(=O)C1CCN(S(=O)(=O)c2ccc3c(c2)OCCCO3)CC1. The maximum atomic E-state index is 13.1. The van der Waals surface area contributed by atoms with Crippen molar-refractivity contribution in [2.24, 2.45) is 5.92 Å². The lowest BCUT2D eigenvalue weighted by atomic mass is 9.98. The van der Waals surface area contributed by atoms with Gasteiger partial charge in [0.15, 0.2) is 11.5 Å². The number of sulfonamides is 1. The van der Waals surface area contributed by atoms with Crippen molar-refractivity contribution in [3.05, 3.63) is 48.0 Å². The smallest absolute Gasteiger partial charge is 0.309 e. The second-order valence-electron chi connectivity index (χ2n) is 8.12. The number of hydrogen-bond donors (Lipinski definition) is 0. The Bertz CT molecular complexity index is 1080. The van der Waals surface area contributed by atoms with Gasteiger partial charge in [-0.2, -0.15) is 4.31 Å². The molecular formula is C24H29NO7S. The molecule has 0 saturated carbocycles. The van der Waals surface area contributed by atoms with Gasteiger partial charge in [0.05, 0.1) is 24.0 Å². The highest BCUT2D eigenvalue weighted by Gasteiger charge is 2.33. The topological polar surface area (TPSA) is 91.4 Å². The third kappa shape index (κ3) is 5.59. The summed E-state index contributed by atoms with van der Waals surface area (Å²) in [6.45, 7) is 3.93. The number of aryl methyl sites for hydroxylation is 1. The van der Waals surface area contributed by atoms with E-state index in [9.17, 15) is 13.2 Å². The van der Waals surface area contributed by atoms with Crippen LogP contribution in [0.25, 0.3) is 0 Å². The van der Waals surface area contributed by atoms with E-state index in [1.807, 2.05) is 31.2 Å². The number of fused-ring (bicyclic) bond motifs is 1. The molecule has 0 N–H and O–H groups in total. The van der Waals surface area contributed by atoms with Crippen LogP contribution in [-0.2, 0) is 19.6 Å². The van der Waals surface area contributed by atoms with Gasteiger partial charge >= 0.3 is 5.97 Å². The van der Waals surface area contributed by atoms with Crippen LogP contribution in [0.5, 0.6) is 17.2 Å². The molecule has 0 amide bonds. The molecule has 1 saturated heterocycles. The lowest BCUT2D eigenvalue weighted by Crippen LogP contribution is -2.40. The first-order valence-electron chi connectivity index (χ1n) is 11.2. The number of carbonyl (C=O) groups is 1. The lowest BCUT2D eigenvalue weighted by Gasteiger charge is -2.30. The van der Waals surface area contributed by atoms with Crippen molar-refractivity contribution in [2.75, 3.05) is 39.5 Å². The number of rotatable bonds is 7. The van der Waals surface area contributed by atoms with Gasteiger partial charge in [0, 0.05) is 25.6 Å². The molecular weight excluding hydrogens is 446 g/mol. The molecule has 0 aliphatic carbocycles. The fourth-order valence-electron chi connectivity index (χ4n) is 3.92. The first kappa shape index (κ1) is 23.4. The Kier molecular flexibility index (Phi) is 7.39. The van der Waals surface area contributed by atoms with Crippen LogP contribution in [0.15, 0.2) is 47.4 Å². The molecule has 2 aliphatic heterocycles. The summed E-state index contributed by atoms with van der Waals surface area (Å²) in [5.74, 6) is 1.13. The molecule has 8 nitrogen and oxygen atoms in total. The van der Waals surface area contributed by atoms with Gasteiger partial charge in [-0.25, -0.2) is 8.42 Å². The van der Waals surface area contributed by atoms with Crippen molar-refractivity contribution in [1.82, 2.24) is 4.31 Å². The van der Waals surface area contributed by atoms with E-state index in [1.165, 1.54) is 16.4 Å². The zero-order valence-electron chi connectivity index (χ0n) is 18.7. The first-order valence-corrected chi connectivity index (χ1v) is 12.6. The minimum atomic E-state index is -3.69. The van der Waals surface area contributed by atoms with Crippen molar-refractivity contribution < 1.29 is 32.2 Å². The van der Waals surface area contributed by atoms with Gasteiger partial charge < -0.3 is 18.9 Å². The first-order chi connectivity index (χ1) is 15.9. The molecule has 2 aromatic carbocycles. The average molecular weight is 476 g/mol. The van der Waals surface area contributed by atoms with Crippen molar-refractivity contribution >= 4 is 16.0 Å². The molecule has 2 aliphatic rings. The van der Waals surface area contributed by atoms with E-state index in [0.717, 1.165) is 17.7 Å². The van der Waals surface area contributed by atoms with Crippen molar-refractivity contribution in [3.8, 4) is 17.2 Å². The second-order valence-corrected chi connectivity index (χ2v) is 10.1. The van der Waals surface area contributed by atoms with E-state index in [-0.39, 0.29) is 43.1 Å². The Hall–Kier alpha value is -2.78. The standard InChI is InChI=1S/C24H29NO7S/c1-18-5-2-3-6-21(18)31-15-16-32-24(26)19-9-11-25(12-10-19)33(27,28)20-7-8-22-23(17-20)30-14-4-13-29-22/h2-3,5-8,17,19H,4,9-16H2,1H3. The van der Waals surface area contributed by atoms with Crippen LogP contribution in [0, 0.1) is 12.8 Å². The second kappa shape index (κ2) is 10.4. The molecule has 33 heavy (non-hydrogen) atoms. The van der Waals surface area contributed by atoms with Crippen LogP contribution >= 0.6 is 0 Å². The number of piperidine rings is 1. The number of nitrogens with zero attached hydrogens (tertiary/aromatic N) is 1. The highest BCUT2D eigenvalue weighted by molar-refractivity contribution is 7.89. The van der Waals surface area contributed by atoms with E-state index in [1.54, 1.807) is 6.07 Å². The summed E-state index contributed by atoms with van der Waals surface area (Å²) < 4.78 is 49.8. The van der Waals surface area contributed by atoms with Crippen LogP contribution in [0.2, 0.25) is 0 Å². The van der Waals surface area contributed by atoms with Crippen LogP contribution in [0.4, 0.5) is 0 Å². The normalized spacial score (nSPS) is 17.2. The van der Waals surface area contributed by atoms with Gasteiger partial charge in [-0.1, -0.05) is 18.2 Å². The quantitative estimate of drug-likeness (QED) is 0.449. The van der Waals surface area contributed by atoms with Crippen LogP contribution in [0.1, 0.15) is 24.8 Å². The number of para-hydroxylation sites is 1.